The van der Waals surface area contributed by atoms with E-state index in [1.807, 2.05) is 0 Å². The van der Waals surface area contributed by atoms with Crippen LogP contribution in [0, 0.1) is 0 Å². The second kappa shape index (κ2) is 5.00. The first-order valence-electron chi connectivity index (χ1n) is 4.44. The van der Waals surface area contributed by atoms with Gasteiger partial charge in [-0.15, -0.1) is 0 Å². The van der Waals surface area contributed by atoms with Crippen molar-refractivity contribution in [2.24, 2.45) is 5.73 Å². The van der Waals surface area contributed by atoms with Crippen LogP contribution in [0.3, 0.4) is 0 Å². The summed E-state index contributed by atoms with van der Waals surface area (Å²) >= 11 is 5.89. The van der Waals surface area contributed by atoms with E-state index in [0.717, 1.165) is 0 Å². The maximum atomic E-state index is 11.3. The summed E-state index contributed by atoms with van der Waals surface area (Å²) in [6.45, 7) is 1.61. The Morgan fingerprint density at radius 3 is 2.73 bits per heavy atom. The maximum Gasteiger partial charge on any atom is 0.240 e. The van der Waals surface area contributed by atoms with Gasteiger partial charge in [-0.25, -0.2) is 0 Å². The molecule has 0 aliphatic rings. The van der Waals surface area contributed by atoms with Gasteiger partial charge in [0.05, 0.1) is 18.2 Å². The van der Waals surface area contributed by atoms with Gasteiger partial charge < -0.3 is 15.8 Å². The quantitative estimate of drug-likeness (QED) is 0.827. The van der Waals surface area contributed by atoms with Crippen LogP contribution in [0.15, 0.2) is 18.2 Å². The van der Waals surface area contributed by atoms with Crippen molar-refractivity contribution in [2.75, 3.05) is 12.4 Å². The third-order valence-electron chi connectivity index (χ3n) is 1.83. The lowest BCUT2D eigenvalue weighted by atomic mass is 10.2. The topological polar surface area (TPSA) is 64.3 Å². The van der Waals surface area contributed by atoms with Crippen LogP contribution in [0.2, 0.25) is 5.02 Å². The summed E-state index contributed by atoms with van der Waals surface area (Å²) in [5, 5.41) is 3.07. The lowest BCUT2D eigenvalue weighted by Crippen LogP contribution is -2.32. The summed E-state index contributed by atoms with van der Waals surface area (Å²) in [7, 11) is 1.53. The largest absolute Gasteiger partial charge is 0.495 e. The van der Waals surface area contributed by atoms with Crippen LogP contribution in [0.1, 0.15) is 6.92 Å². The number of benzene rings is 1. The number of nitrogens with one attached hydrogen (secondary N) is 1. The van der Waals surface area contributed by atoms with Crippen molar-refractivity contribution in [3.8, 4) is 5.75 Å². The molecule has 3 N–H and O–H groups in total. The van der Waals surface area contributed by atoms with Gasteiger partial charge in [-0.2, -0.15) is 0 Å². The average molecular weight is 229 g/mol. The van der Waals surface area contributed by atoms with Gasteiger partial charge in [0.25, 0.3) is 0 Å². The van der Waals surface area contributed by atoms with E-state index < -0.39 is 6.04 Å². The second-order valence-electron chi connectivity index (χ2n) is 3.13. The Morgan fingerprint density at radius 1 is 1.60 bits per heavy atom. The molecule has 0 heterocycles. The SMILES string of the molecule is COc1ccc(NC(=O)[C@H](C)N)cc1Cl. The van der Waals surface area contributed by atoms with Crippen molar-refractivity contribution < 1.29 is 9.53 Å². The highest BCUT2D eigenvalue weighted by molar-refractivity contribution is 6.32. The number of nitrogens with two attached hydrogens (primary N) is 1. The number of rotatable bonds is 3. The smallest absolute Gasteiger partial charge is 0.240 e. The fourth-order valence-electron chi connectivity index (χ4n) is 1.00. The molecule has 82 valence electrons. The van der Waals surface area contributed by atoms with Gasteiger partial charge in [-0.05, 0) is 25.1 Å². The van der Waals surface area contributed by atoms with E-state index >= 15 is 0 Å². The van der Waals surface area contributed by atoms with Crippen LogP contribution in [0.5, 0.6) is 5.75 Å². The molecule has 0 saturated carbocycles. The molecule has 1 rings (SSSR count). The number of hydrogen-bond acceptors (Lipinski definition) is 3. The summed E-state index contributed by atoms with van der Waals surface area (Å²) < 4.78 is 4.98. The molecule has 5 heteroatoms. The molecule has 0 aliphatic heterocycles. The molecule has 1 atom stereocenters. The molecule has 0 radical (unpaired) electrons. The molecule has 15 heavy (non-hydrogen) atoms. The monoisotopic (exact) mass is 228 g/mol. The fourth-order valence-corrected chi connectivity index (χ4v) is 1.26. The number of hydrogen-bond donors (Lipinski definition) is 2. The normalized spacial score (nSPS) is 12.0. The number of halogens is 1. The Labute approximate surface area is 93.4 Å². The molecule has 0 fully saturated rings. The van der Waals surface area contributed by atoms with Crippen LogP contribution >= 0.6 is 11.6 Å². The zero-order chi connectivity index (χ0) is 11.4. The summed E-state index contributed by atoms with van der Waals surface area (Å²) in [4.78, 5) is 11.3. The molecular weight excluding hydrogens is 216 g/mol. The Balaban J connectivity index is 2.80. The van der Waals surface area contributed by atoms with E-state index in [2.05, 4.69) is 5.32 Å². The van der Waals surface area contributed by atoms with Crippen molar-refractivity contribution >= 4 is 23.2 Å². The molecule has 0 spiro atoms. The number of ether oxygens (including phenoxy) is 1. The average Bonchev–Trinajstić information content (AvgIpc) is 2.18. The van der Waals surface area contributed by atoms with E-state index in [1.54, 1.807) is 25.1 Å². The van der Waals surface area contributed by atoms with Crippen molar-refractivity contribution in [2.45, 2.75) is 13.0 Å². The second-order valence-corrected chi connectivity index (χ2v) is 3.53. The number of carbonyl (C=O) groups excluding carboxylic acids is 1. The molecular formula is C10H13ClN2O2. The van der Waals surface area contributed by atoms with Gasteiger partial charge in [-0.1, -0.05) is 11.6 Å². The standard InChI is InChI=1S/C10H13ClN2O2/c1-6(12)10(14)13-7-3-4-9(15-2)8(11)5-7/h3-6H,12H2,1-2H3,(H,13,14)/t6-/m0/s1. The highest BCUT2D eigenvalue weighted by Crippen LogP contribution is 2.27. The van der Waals surface area contributed by atoms with Crippen LogP contribution in [-0.4, -0.2) is 19.1 Å². The minimum absolute atomic E-state index is 0.253. The van der Waals surface area contributed by atoms with Crippen LogP contribution in [-0.2, 0) is 4.79 Å². The van der Waals surface area contributed by atoms with Gasteiger partial charge in [0.15, 0.2) is 0 Å². The van der Waals surface area contributed by atoms with E-state index in [0.29, 0.717) is 16.5 Å². The van der Waals surface area contributed by atoms with Gasteiger partial charge in [0, 0.05) is 5.69 Å². The highest BCUT2D eigenvalue weighted by atomic mass is 35.5. The predicted octanol–water partition coefficient (Wildman–Crippen LogP) is 1.63. The molecule has 0 aliphatic carbocycles. The van der Waals surface area contributed by atoms with Crippen LogP contribution < -0.4 is 15.8 Å². The molecule has 1 aromatic carbocycles. The minimum atomic E-state index is -0.550. The zero-order valence-electron chi connectivity index (χ0n) is 8.58. The van der Waals surface area contributed by atoms with Crippen molar-refractivity contribution in [1.29, 1.82) is 0 Å². The van der Waals surface area contributed by atoms with E-state index in [-0.39, 0.29) is 5.91 Å². The lowest BCUT2D eigenvalue weighted by molar-refractivity contribution is -0.117. The Hall–Kier alpha value is -1.26. The van der Waals surface area contributed by atoms with Gasteiger partial charge in [0.1, 0.15) is 5.75 Å². The summed E-state index contributed by atoms with van der Waals surface area (Å²) in [6.07, 6.45) is 0. The predicted molar refractivity (Wildman–Crippen MR) is 60.3 cm³/mol. The molecule has 0 bridgehead atoms. The molecule has 0 unspecified atom stereocenters. The Morgan fingerprint density at radius 2 is 2.27 bits per heavy atom. The molecule has 0 saturated heterocycles. The maximum absolute atomic E-state index is 11.3. The minimum Gasteiger partial charge on any atom is -0.495 e. The summed E-state index contributed by atoms with van der Waals surface area (Å²) in [6, 6.07) is 4.44. The first-order valence-corrected chi connectivity index (χ1v) is 4.82. The molecule has 1 aromatic rings. The summed E-state index contributed by atoms with van der Waals surface area (Å²) in [5.74, 6) is 0.312. The van der Waals surface area contributed by atoms with Crippen LogP contribution in [0.25, 0.3) is 0 Å². The van der Waals surface area contributed by atoms with Crippen molar-refractivity contribution in [3.63, 3.8) is 0 Å². The van der Waals surface area contributed by atoms with Gasteiger partial charge in [-0.3, -0.25) is 4.79 Å². The first-order chi connectivity index (χ1) is 7.04. The number of anilines is 1. The molecule has 1 amide bonds. The number of carbonyl (C=O) groups is 1. The van der Waals surface area contributed by atoms with E-state index in [9.17, 15) is 4.79 Å². The summed E-state index contributed by atoms with van der Waals surface area (Å²) in [5.41, 5.74) is 6.01. The third-order valence-corrected chi connectivity index (χ3v) is 2.13. The lowest BCUT2D eigenvalue weighted by Gasteiger charge is -2.09. The van der Waals surface area contributed by atoms with E-state index in [1.165, 1.54) is 7.11 Å². The van der Waals surface area contributed by atoms with Crippen molar-refractivity contribution in [1.82, 2.24) is 0 Å². The highest BCUT2D eigenvalue weighted by Gasteiger charge is 2.08. The number of methoxy groups -OCH3 is 1. The van der Waals surface area contributed by atoms with Crippen molar-refractivity contribution in [3.05, 3.63) is 23.2 Å². The zero-order valence-corrected chi connectivity index (χ0v) is 9.34. The first kappa shape index (κ1) is 11.8. The van der Waals surface area contributed by atoms with Crippen LogP contribution in [0.4, 0.5) is 5.69 Å². The van der Waals surface area contributed by atoms with E-state index in [4.69, 9.17) is 22.1 Å². The van der Waals surface area contributed by atoms with Gasteiger partial charge >= 0.3 is 0 Å². The Kier molecular flexibility index (Phi) is 3.94. The Bertz CT molecular complexity index is 366. The third kappa shape index (κ3) is 3.11. The van der Waals surface area contributed by atoms with Gasteiger partial charge in [0.2, 0.25) is 5.91 Å². The fraction of sp³-hybridized carbons (Fsp3) is 0.300. The molecule has 4 nitrogen and oxygen atoms in total. The number of amides is 1. The molecule has 0 aromatic heterocycles.